The molecule has 2 aliphatic carbocycles. The van der Waals surface area contributed by atoms with E-state index in [0.717, 1.165) is 42.0 Å². The molecule has 288 valence electrons. The summed E-state index contributed by atoms with van der Waals surface area (Å²) in [4.78, 5) is 9.78. The first-order valence-electron chi connectivity index (χ1n) is 17.4. The molecule has 5 aromatic rings. The Hall–Kier alpha value is -8.43. The number of allylic oxidation sites excluding steroid dienone is 3. The van der Waals surface area contributed by atoms with Gasteiger partial charge in [-0.1, -0.05) is 42.0 Å². The molecular weight excluding hydrogens is 786 g/mol. The summed E-state index contributed by atoms with van der Waals surface area (Å²) >= 11 is 0. The van der Waals surface area contributed by atoms with E-state index in [-0.39, 0.29) is 73.4 Å². The van der Waals surface area contributed by atoms with Crippen LogP contribution in [-0.2, 0) is 12.8 Å². The van der Waals surface area contributed by atoms with Gasteiger partial charge in [-0.05, 0) is 121 Å². The minimum absolute atomic E-state index is 0.00203. The number of halogens is 7. The number of alkyl halides is 3. The maximum atomic E-state index is 15.6. The normalized spacial score (nSPS) is 12.6. The van der Waals surface area contributed by atoms with Crippen LogP contribution in [0.4, 0.5) is 36.4 Å². The minimum atomic E-state index is -5.07. The van der Waals surface area contributed by atoms with Crippen LogP contribution in [0.3, 0.4) is 0 Å². The Balaban J connectivity index is 1.84. The Kier molecular flexibility index (Phi) is 10.0. The Morgan fingerprint density at radius 3 is 1.53 bits per heavy atom. The number of ether oxygens (including phenoxy) is 1. The van der Waals surface area contributed by atoms with E-state index >= 15 is 17.6 Å². The lowest BCUT2D eigenvalue weighted by Crippen LogP contribution is -2.25. The third kappa shape index (κ3) is 6.65. The average molecular weight is 805 g/mol. The number of benzene rings is 5. The molecule has 0 unspecified atom stereocenters. The van der Waals surface area contributed by atoms with Crippen molar-refractivity contribution in [3.63, 3.8) is 0 Å². The Morgan fingerprint density at radius 2 is 1.10 bits per heavy atom. The second kappa shape index (κ2) is 15.1. The fourth-order valence-electron chi connectivity index (χ4n) is 7.77. The fraction of sp³-hybridized carbons (Fsp3) is 0.0870. The summed E-state index contributed by atoms with van der Waals surface area (Å²) in [5.41, 5.74) is -0.285. The molecule has 0 atom stereocenters. The van der Waals surface area contributed by atoms with E-state index in [2.05, 4.69) is 19.3 Å². The summed E-state index contributed by atoms with van der Waals surface area (Å²) in [7, 11) is 0. The zero-order valence-corrected chi connectivity index (χ0v) is 30.6. The van der Waals surface area contributed by atoms with Crippen LogP contribution in [0.1, 0.15) is 33.4 Å². The lowest BCUT2D eigenvalue weighted by atomic mass is 9.85. The number of hydrogen-bond acceptors (Lipinski definition) is 4. The first kappa shape index (κ1) is 39.8. The smallest absolute Gasteiger partial charge is 0.406 e. The van der Waals surface area contributed by atoms with Crippen molar-refractivity contribution in [2.24, 2.45) is 0 Å². The van der Waals surface area contributed by atoms with Crippen LogP contribution in [0.2, 0.25) is 0 Å². The number of rotatable bonds is 5. The number of nitriles is 3. The minimum Gasteiger partial charge on any atom is -0.406 e. The Morgan fingerprint density at radius 1 is 0.650 bits per heavy atom. The van der Waals surface area contributed by atoms with Gasteiger partial charge in [0.1, 0.15) is 71.5 Å². The van der Waals surface area contributed by atoms with E-state index in [1.54, 1.807) is 31.2 Å². The van der Waals surface area contributed by atoms with Gasteiger partial charge in [-0.25, -0.2) is 22.4 Å². The zero-order chi connectivity index (χ0) is 43.2. The van der Waals surface area contributed by atoms with E-state index in [1.807, 2.05) is 12.1 Å². The van der Waals surface area contributed by atoms with Gasteiger partial charge in [-0.2, -0.15) is 25.5 Å². The summed E-state index contributed by atoms with van der Waals surface area (Å²) in [6, 6.07) is 20.0. The summed E-state index contributed by atoms with van der Waals surface area (Å²) < 4.78 is 106. The van der Waals surface area contributed by atoms with E-state index in [9.17, 15) is 29.0 Å². The number of hydrogen-bond donors (Lipinski definition) is 0. The number of nitrogens with zero attached hydrogens (tertiary/aromatic N) is 6. The highest BCUT2D eigenvalue weighted by atomic mass is 19.4. The number of fused-ring (bicyclic) bond motifs is 2. The van der Waals surface area contributed by atoms with Gasteiger partial charge in [0.25, 0.3) is 5.69 Å². The lowest BCUT2D eigenvalue weighted by molar-refractivity contribution is -0.274. The van der Waals surface area contributed by atoms with Crippen LogP contribution in [-0.4, -0.2) is 6.36 Å². The summed E-state index contributed by atoms with van der Waals surface area (Å²) in [6.45, 7) is 25.0. The van der Waals surface area contributed by atoms with Crippen molar-refractivity contribution < 1.29 is 35.5 Å². The van der Waals surface area contributed by atoms with Crippen molar-refractivity contribution in [3.05, 3.63) is 197 Å². The van der Waals surface area contributed by atoms with Gasteiger partial charge in [0, 0.05) is 6.42 Å². The molecule has 7 rings (SSSR count). The molecule has 60 heavy (non-hydrogen) atoms. The van der Waals surface area contributed by atoms with E-state index < -0.39 is 58.0 Å². The van der Waals surface area contributed by atoms with Gasteiger partial charge in [-0.3, -0.25) is 0 Å². The monoisotopic (exact) mass is 804 g/mol. The average Bonchev–Trinajstić information content (AvgIpc) is 3.78. The largest absolute Gasteiger partial charge is 0.573 e. The molecule has 2 aliphatic rings. The van der Waals surface area contributed by atoms with Gasteiger partial charge in [0.2, 0.25) is 0 Å². The second-order valence-corrected chi connectivity index (χ2v) is 13.4. The SMILES string of the molecule is [C-]#[N+]C([N+]#[C-])=C1Cc2c(-c3ccc(C)cc3)c3c(c(-c4ccc(OC(F)(F)F)cc4)c2=C1c1cc(F)c([N+]#[C-])c(F)c1)CC(=C(C#N)C#N)C=3c1cc(F)c(C#N)c(F)c1. The molecule has 0 radical (unpaired) electrons. The lowest BCUT2D eigenvalue weighted by Gasteiger charge is -2.18. The van der Waals surface area contributed by atoms with Gasteiger partial charge < -0.3 is 4.74 Å². The molecule has 14 heteroatoms. The van der Waals surface area contributed by atoms with Crippen LogP contribution < -0.4 is 15.2 Å². The molecule has 0 saturated carbocycles. The molecule has 0 aromatic heterocycles. The van der Waals surface area contributed by atoms with Crippen LogP contribution >= 0.6 is 0 Å². The summed E-state index contributed by atoms with van der Waals surface area (Å²) in [5.74, 6) is -6.15. The highest BCUT2D eigenvalue weighted by Crippen LogP contribution is 2.44. The predicted octanol–water partition coefficient (Wildman–Crippen LogP) is 10.1. The standard InChI is InChI=1S/C46H19F7N6O/c1-22-5-7-23(8-6-22)38-31-18-32(45(58-3)59-4)41(26-15-36(49)44(57-2)37(50)16-26)43(31)39(24-9-11-28(12-10-24)60-46(51,52)53)30-17-29(27(19-54)20-55)40(42(30)38)25-13-34(47)33(21-56)35(48)14-25/h5-16H,17-18H2,1H3. The molecule has 0 saturated heterocycles. The predicted molar refractivity (Wildman–Crippen MR) is 203 cm³/mol. The first-order valence-corrected chi connectivity index (χ1v) is 17.4. The van der Waals surface area contributed by atoms with Crippen LogP contribution in [0, 0.1) is 83.9 Å². The topological polar surface area (TPSA) is 93.7 Å². The molecular formula is C46H19F7N6O. The van der Waals surface area contributed by atoms with Gasteiger partial charge in [-0.15, -0.1) is 13.2 Å². The van der Waals surface area contributed by atoms with E-state index in [0.29, 0.717) is 16.7 Å². The Labute approximate surface area is 336 Å². The molecule has 0 spiro atoms. The van der Waals surface area contributed by atoms with Crippen molar-refractivity contribution in [2.45, 2.75) is 26.1 Å². The molecule has 0 bridgehead atoms. The van der Waals surface area contributed by atoms with Gasteiger partial charge in [0.05, 0.1) is 12.1 Å². The van der Waals surface area contributed by atoms with E-state index in [4.69, 9.17) is 19.7 Å². The molecule has 0 N–H and O–H groups in total. The zero-order valence-electron chi connectivity index (χ0n) is 30.6. The summed E-state index contributed by atoms with van der Waals surface area (Å²) in [6.07, 6.45) is -5.66. The first-order chi connectivity index (χ1) is 28.7. The Bertz CT molecular complexity index is 3130. The van der Waals surface area contributed by atoms with Crippen LogP contribution in [0.25, 0.3) is 47.9 Å². The maximum absolute atomic E-state index is 15.6. The number of aryl methyl sites for hydroxylation is 1. The second-order valence-electron chi connectivity index (χ2n) is 13.4. The molecule has 0 fully saturated rings. The highest BCUT2D eigenvalue weighted by Gasteiger charge is 2.38. The fourth-order valence-corrected chi connectivity index (χ4v) is 7.77. The van der Waals surface area contributed by atoms with Crippen molar-refractivity contribution in [1.82, 2.24) is 0 Å². The highest BCUT2D eigenvalue weighted by molar-refractivity contribution is 5.98. The van der Waals surface area contributed by atoms with Crippen molar-refractivity contribution >= 4 is 16.8 Å². The molecule has 7 nitrogen and oxygen atoms in total. The van der Waals surface area contributed by atoms with Crippen LogP contribution in [0.15, 0.2) is 95.3 Å². The third-order valence-electron chi connectivity index (χ3n) is 10.1. The van der Waals surface area contributed by atoms with E-state index in [1.165, 1.54) is 18.2 Å². The maximum Gasteiger partial charge on any atom is 0.573 e. The molecule has 0 heterocycles. The quantitative estimate of drug-likeness (QED) is 0.100. The van der Waals surface area contributed by atoms with Crippen molar-refractivity contribution in [3.8, 4) is 46.2 Å². The molecule has 0 aliphatic heterocycles. The van der Waals surface area contributed by atoms with Crippen LogP contribution in [0.5, 0.6) is 5.75 Å². The van der Waals surface area contributed by atoms with Gasteiger partial charge >= 0.3 is 12.2 Å². The van der Waals surface area contributed by atoms with Gasteiger partial charge in [0.15, 0.2) is 0 Å². The molecule has 0 amide bonds. The summed E-state index contributed by atoms with van der Waals surface area (Å²) in [5, 5.41) is 30.3. The third-order valence-corrected chi connectivity index (χ3v) is 10.1. The van der Waals surface area contributed by atoms with Crippen molar-refractivity contribution in [1.29, 1.82) is 15.8 Å². The van der Waals surface area contributed by atoms with Crippen molar-refractivity contribution in [2.75, 3.05) is 0 Å². The molecule has 5 aromatic carbocycles.